The van der Waals surface area contributed by atoms with E-state index in [0.717, 1.165) is 24.7 Å². The Morgan fingerprint density at radius 2 is 1.62 bits per heavy atom. The van der Waals surface area contributed by atoms with Gasteiger partial charge in [-0.05, 0) is 111 Å². The number of hydrogen-bond acceptors (Lipinski definition) is 0. The molecule has 1 aliphatic rings. The molecular weight excluding hydrogens is 348 g/mol. The minimum absolute atomic E-state index is 0.757. The zero-order valence-electron chi connectivity index (χ0n) is 19.4. The smallest absolute Gasteiger partial charge is 0.00642 e. The molecule has 1 aliphatic carbocycles. The van der Waals surface area contributed by atoms with Crippen LogP contribution in [-0.4, -0.2) is 0 Å². The summed E-state index contributed by atoms with van der Waals surface area (Å²) >= 11 is 0. The van der Waals surface area contributed by atoms with Gasteiger partial charge in [0.2, 0.25) is 0 Å². The summed E-state index contributed by atoms with van der Waals surface area (Å²) in [5.74, 6) is 1.52. The number of benzene rings is 2. The van der Waals surface area contributed by atoms with E-state index in [-0.39, 0.29) is 0 Å². The lowest BCUT2D eigenvalue weighted by Crippen LogP contribution is -2.16. The summed E-state index contributed by atoms with van der Waals surface area (Å²) in [6.07, 6.45) is 12.5. The topological polar surface area (TPSA) is 0 Å². The number of rotatable bonds is 7. The van der Waals surface area contributed by atoms with Crippen molar-refractivity contribution in [1.82, 2.24) is 0 Å². The maximum atomic E-state index is 2.48. The van der Waals surface area contributed by atoms with Crippen molar-refractivity contribution in [2.75, 3.05) is 0 Å². The molecule has 29 heavy (non-hydrogen) atoms. The van der Waals surface area contributed by atoms with Crippen LogP contribution in [0, 0.1) is 19.8 Å². The first kappa shape index (κ1) is 21.9. The fraction of sp³-hybridized carbons (Fsp3) is 0.517. The van der Waals surface area contributed by atoms with Gasteiger partial charge in [-0.25, -0.2) is 0 Å². The Bertz CT molecular complexity index is 814. The van der Waals surface area contributed by atoms with E-state index in [2.05, 4.69) is 77.1 Å². The molecule has 0 aromatic heterocycles. The second-order valence-electron chi connectivity index (χ2n) is 9.13. The van der Waals surface area contributed by atoms with Crippen LogP contribution >= 0.6 is 0 Å². The molecule has 0 spiro atoms. The molecule has 3 rings (SSSR count). The first-order valence-electron chi connectivity index (χ1n) is 11.9. The molecule has 0 bridgehead atoms. The molecule has 0 radical (unpaired) electrons. The Morgan fingerprint density at radius 3 is 2.21 bits per heavy atom. The van der Waals surface area contributed by atoms with Crippen molar-refractivity contribution in [2.45, 2.75) is 91.9 Å². The molecule has 0 atom stereocenters. The summed E-state index contributed by atoms with van der Waals surface area (Å²) in [6.45, 7) is 11.3. The van der Waals surface area contributed by atoms with E-state index in [0.29, 0.717) is 0 Å². The van der Waals surface area contributed by atoms with Crippen LogP contribution in [0.4, 0.5) is 0 Å². The zero-order valence-corrected chi connectivity index (χ0v) is 19.4. The van der Waals surface area contributed by atoms with E-state index in [1.807, 2.05) is 0 Å². The Balaban J connectivity index is 1.65. The third-order valence-electron chi connectivity index (χ3n) is 7.24. The van der Waals surface area contributed by atoms with E-state index in [1.54, 1.807) is 16.7 Å². The third-order valence-corrected chi connectivity index (χ3v) is 7.24. The molecule has 2 aromatic rings. The molecule has 0 heterocycles. The van der Waals surface area contributed by atoms with Crippen molar-refractivity contribution in [1.29, 1.82) is 0 Å². The fourth-order valence-corrected chi connectivity index (χ4v) is 5.19. The summed E-state index contributed by atoms with van der Waals surface area (Å²) < 4.78 is 0. The van der Waals surface area contributed by atoms with Crippen LogP contribution in [0.15, 0.2) is 48.0 Å². The monoisotopic (exact) mass is 388 g/mol. The Kier molecular flexibility index (Phi) is 7.76. The molecular formula is C29H40. The number of hydrogen-bond donors (Lipinski definition) is 0. The lowest BCUT2D eigenvalue weighted by Gasteiger charge is -2.31. The highest BCUT2D eigenvalue weighted by Crippen LogP contribution is 2.39. The Labute approximate surface area is 179 Å². The van der Waals surface area contributed by atoms with Gasteiger partial charge in [0.25, 0.3) is 0 Å². The molecule has 0 N–H and O–H groups in total. The summed E-state index contributed by atoms with van der Waals surface area (Å²) in [6, 6.07) is 14.3. The van der Waals surface area contributed by atoms with Crippen molar-refractivity contribution < 1.29 is 0 Å². The van der Waals surface area contributed by atoms with Gasteiger partial charge in [-0.3, -0.25) is 0 Å². The first-order valence-corrected chi connectivity index (χ1v) is 11.9. The lowest BCUT2D eigenvalue weighted by atomic mass is 9.74. The van der Waals surface area contributed by atoms with Crippen LogP contribution in [0.5, 0.6) is 0 Å². The summed E-state index contributed by atoms with van der Waals surface area (Å²) in [5.41, 5.74) is 10.7. The summed E-state index contributed by atoms with van der Waals surface area (Å²) in [7, 11) is 0. The van der Waals surface area contributed by atoms with Crippen molar-refractivity contribution in [3.05, 3.63) is 81.4 Å². The average molecular weight is 389 g/mol. The fourth-order valence-electron chi connectivity index (χ4n) is 5.19. The highest BCUT2D eigenvalue weighted by atomic mass is 14.3. The molecule has 156 valence electrons. The summed E-state index contributed by atoms with van der Waals surface area (Å²) in [4.78, 5) is 0. The van der Waals surface area contributed by atoms with Crippen molar-refractivity contribution in [3.8, 4) is 0 Å². The van der Waals surface area contributed by atoms with Gasteiger partial charge < -0.3 is 0 Å². The Morgan fingerprint density at radius 1 is 0.931 bits per heavy atom. The molecule has 1 fully saturated rings. The van der Waals surface area contributed by atoms with E-state index in [4.69, 9.17) is 0 Å². The maximum absolute atomic E-state index is 2.48. The van der Waals surface area contributed by atoms with E-state index in [9.17, 15) is 0 Å². The number of aryl methyl sites for hydroxylation is 3. The van der Waals surface area contributed by atoms with Gasteiger partial charge in [0.1, 0.15) is 0 Å². The van der Waals surface area contributed by atoms with Crippen LogP contribution in [0.2, 0.25) is 0 Å². The first-order chi connectivity index (χ1) is 14.0. The minimum atomic E-state index is 0.757. The zero-order chi connectivity index (χ0) is 20.8. The second kappa shape index (κ2) is 10.3. The van der Waals surface area contributed by atoms with Gasteiger partial charge in [0, 0.05) is 0 Å². The van der Waals surface area contributed by atoms with Crippen LogP contribution in [0.1, 0.15) is 92.2 Å². The number of allylic oxidation sites excluding steroid dienone is 2. The van der Waals surface area contributed by atoms with E-state index >= 15 is 0 Å². The molecule has 0 heteroatoms. The lowest BCUT2D eigenvalue weighted by molar-refractivity contribution is 0.359. The van der Waals surface area contributed by atoms with Gasteiger partial charge in [0.05, 0.1) is 0 Å². The molecule has 0 amide bonds. The van der Waals surface area contributed by atoms with Crippen molar-refractivity contribution in [2.24, 2.45) is 5.92 Å². The third kappa shape index (κ3) is 5.41. The van der Waals surface area contributed by atoms with E-state index in [1.165, 1.54) is 60.8 Å². The van der Waals surface area contributed by atoms with Gasteiger partial charge >= 0.3 is 0 Å². The van der Waals surface area contributed by atoms with Gasteiger partial charge in [-0.15, -0.1) is 0 Å². The normalized spacial score (nSPS) is 20.1. The minimum Gasteiger partial charge on any atom is -0.0878 e. The van der Waals surface area contributed by atoms with Crippen molar-refractivity contribution in [3.63, 3.8) is 0 Å². The molecule has 2 aromatic carbocycles. The summed E-state index contributed by atoms with van der Waals surface area (Å²) in [5, 5.41) is 0. The predicted octanol–water partition coefficient (Wildman–Crippen LogP) is 8.28. The SMILES string of the molecule is C/C=C(\Cc1cc(C)c(C)c(CCC)c1)C1CCC(c2ccc(CC)cc2)CC1. The maximum Gasteiger partial charge on any atom is -0.00642 e. The molecule has 0 nitrogen and oxygen atoms in total. The van der Waals surface area contributed by atoms with Gasteiger partial charge in [0.15, 0.2) is 0 Å². The van der Waals surface area contributed by atoms with Crippen LogP contribution in [0.25, 0.3) is 0 Å². The van der Waals surface area contributed by atoms with Gasteiger partial charge in [-0.2, -0.15) is 0 Å². The molecule has 0 aliphatic heterocycles. The van der Waals surface area contributed by atoms with E-state index < -0.39 is 0 Å². The van der Waals surface area contributed by atoms with Gasteiger partial charge in [-0.1, -0.05) is 68.3 Å². The second-order valence-corrected chi connectivity index (χ2v) is 9.13. The van der Waals surface area contributed by atoms with Crippen LogP contribution in [-0.2, 0) is 19.3 Å². The van der Waals surface area contributed by atoms with Crippen LogP contribution in [0.3, 0.4) is 0 Å². The quantitative estimate of drug-likeness (QED) is 0.419. The standard InChI is InChI=1S/C29H40/c1-6-9-29-20-24(18-21(4)22(29)5)19-25(8-3)26-14-16-28(17-15-26)27-12-10-23(7-2)11-13-27/h8,10-13,18,20,26,28H,6-7,9,14-17,19H2,1-5H3/b25-8+. The molecule has 1 saturated carbocycles. The van der Waals surface area contributed by atoms with Crippen molar-refractivity contribution >= 4 is 0 Å². The molecule has 0 unspecified atom stereocenters. The average Bonchev–Trinajstić information content (AvgIpc) is 2.76. The molecule has 0 saturated heterocycles. The highest BCUT2D eigenvalue weighted by Gasteiger charge is 2.24. The highest BCUT2D eigenvalue weighted by molar-refractivity contribution is 5.39. The Hall–Kier alpha value is -1.82. The van der Waals surface area contributed by atoms with Crippen LogP contribution < -0.4 is 0 Å². The largest absolute Gasteiger partial charge is 0.0878 e. The predicted molar refractivity (Wildman–Crippen MR) is 128 cm³/mol.